The number of hydrogen-bond acceptors (Lipinski definition) is 3. The maximum atomic E-state index is 5.40. The summed E-state index contributed by atoms with van der Waals surface area (Å²) in [5, 5.41) is 7.32. The van der Waals surface area contributed by atoms with E-state index in [0.717, 1.165) is 5.52 Å². The molecular weight excluding hydrogens is 118 g/mol. The Kier molecular flexibility index (Phi) is 0.606. The van der Waals surface area contributed by atoms with Crippen LogP contribution in [0.15, 0.2) is 18.5 Å². The van der Waals surface area contributed by atoms with E-state index in [9.17, 15) is 0 Å². The van der Waals surface area contributed by atoms with E-state index in [-0.39, 0.29) is 0 Å². The Balaban J connectivity index is 2.99. The minimum atomic E-state index is 0.900. The van der Waals surface area contributed by atoms with Gasteiger partial charge in [-0.25, -0.2) is 0 Å². The zero-order chi connectivity index (χ0) is 6.27. The summed E-state index contributed by atoms with van der Waals surface area (Å²) < 4.78 is 1.50. The van der Waals surface area contributed by atoms with Crippen LogP contribution < -0.4 is 5.84 Å². The Morgan fingerprint density at radius 2 is 2.44 bits per heavy atom. The van der Waals surface area contributed by atoms with Crippen molar-refractivity contribution in [2.75, 3.05) is 5.84 Å². The van der Waals surface area contributed by atoms with Crippen molar-refractivity contribution < 1.29 is 0 Å². The molecule has 0 unspecified atom stereocenters. The van der Waals surface area contributed by atoms with Gasteiger partial charge in [-0.1, -0.05) is 0 Å². The predicted molar refractivity (Wildman–Crippen MR) is 31.1 cm³/mol. The van der Waals surface area contributed by atoms with Crippen molar-refractivity contribution in [1.29, 1.82) is 0 Å². The molecule has 0 saturated heterocycles. The lowest BCUT2D eigenvalue weighted by atomic mass is 10.6. The fraction of sp³-hybridized carbons (Fsp3) is 0. The molecule has 2 aromatic heterocycles. The molecular formula is C4H5N5. The molecule has 0 fully saturated rings. The summed E-state index contributed by atoms with van der Waals surface area (Å²) >= 11 is 0. The van der Waals surface area contributed by atoms with Crippen LogP contribution in [0.2, 0.25) is 0 Å². The molecule has 2 heterocycles. The van der Waals surface area contributed by atoms with E-state index in [1.54, 1.807) is 12.4 Å². The number of aromatic nitrogens is 4. The molecule has 0 atom stereocenters. The fourth-order valence-corrected chi connectivity index (χ4v) is 0.742. The minimum absolute atomic E-state index is 0.900. The highest BCUT2D eigenvalue weighted by atomic mass is 15.6. The highest BCUT2D eigenvalue weighted by Crippen LogP contribution is 1.95. The van der Waals surface area contributed by atoms with Gasteiger partial charge in [0.25, 0.3) is 0 Å². The second-order valence-corrected chi connectivity index (χ2v) is 1.74. The standard InChI is InChI=1S/C4H5N5/c5-8-2-1-4-3-6-7-9(4)8/h1-3H,5H2. The Morgan fingerprint density at radius 1 is 1.56 bits per heavy atom. The largest absolute Gasteiger partial charge is 0.323 e. The van der Waals surface area contributed by atoms with Crippen LogP contribution in [0.25, 0.3) is 5.52 Å². The Hall–Kier alpha value is -1.52. The summed E-state index contributed by atoms with van der Waals surface area (Å²) in [7, 11) is 0. The average Bonchev–Trinajstić information content (AvgIpc) is 2.35. The molecule has 0 saturated carbocycles. The van der Waals surface area contributed by atoms with E-state index in [1.165, 1.54) is 9.42 Å². The first-order chi connectivity index (χ1) is 4.38. The van der Waals surface area contributed by atoms with Crippen LogP contribution in [0.1, 0.15) is 0 Å². The zero-order valence-corrected chi connectivity index (χ0v) is 4.60. The van der Waals surface area contributed by atoms with Gasteiger partial charge in [0.1, 0.15) is 5.52 Å². The molecule has 0 spiro atoms. The first-order valence-corrected chi connectivity index (χ1v) is 2.51. The summed E-state index contributed by atoms with van der Waals surface area (Å²) in [6.07, 6.45) is 3.35. The van der Waals surface area contributed by atoms with Crippen molar-refractivity contribution in [2.24, 2.45) is 0 Å². The summed E-state index contributed by atoms with van der Waals surface area (Å²) in [5.74, 6) is 5.40. The highest BCUT2D eigenvalue weighted by Gasteiger charge is 1.94. The molecule has 0 aliphatic rings. The second kappa shape index (κ2) is 1.25. The third-order valence-electron chi connectivity index (χ3n) is 1.17. The maximum absolute atomic E-state index is 5.40. The van der Waals surface area contributed by atoms with E-state index in [4.69, 9.17) is 5.84 Å². The molecule has 46 valence electrons. The van der Waals surface area contributed by atoms with Gasteiger partial charge < -0.3 is 5.84 Å². The van der Waals surface area contributed by atoms with Gasteiger partial charge in [0.05, 0.1) is 6.20 Å². The predicted octanol–water partition coefficient (Wildman–Crippen LogP) is -0.755. The third-order valence-corrected chi connectivity index (χ3v) is 1.17. The fourth-order valence-electron chi connectivity index (χ4n) is 0.742. The summed E-state index contributed by atoms with van der Waals surface area (Å²) in [5.41, 5.74) is 0.900. The van der Waals surface area contributed by atoms with E-state index in [2.05, 4.69) is 10.3 Å². The second-order valence-electron chi connectivity index (χ2n) is 1.74. The first-order valence-electron chi connectivity index (χ1n) is 2.51. The molecule has 0 bridgehead atoms. The van der Waals surface area contributed by atoms with Gasteiger partial charge in [-0.15, -0.1) is 9.73 Å². The Labute approximate surface area is 50.6 Å². The van der Waals surface area contributed by atoms with Gasteiger partial charge in [-0.2, -0.15) is 4.79 Å². The van der Waals surface area contributed by atoms with Crippen molar-refractivity contribution >= 4 is 5.52 Å². The normalized spacial score (nSPS) is 10.7. The topological polar surface area (TPSA) is 61.1 Å². The van der Waals surface area contributed by atoms with Crippen LogP contribution in [0.3, 0.4) is 0 Å². The van der Waals surface area contributed by atoms with Gasteiger partial charge in [0.15, 0.2) is 0 Å². The summed E-state index contributed by atoms with van der Waals surface area (Å²) in [4.78, 5) is 1.36. The highest BCUT2D eigenvalue weighted by molar-refractivity contribution is 5.40. The van der Waals surface area contributed by atoms with Crippen molar-refractivity contribution in [3.05, 3.63) is 18.5 Å². The SMILES string of the molecule is Nn1ccc2cnnn21. The number of nitrogen functional groups attached to an aromatic ring is 1. The number of nitrogens with two attached hydrogens (primary N) is 1. The smallest absolute Gasteiger partial charge is 0.109 e. The maximum Gasteiger partial charge on any atom is 0.109 e. The lowest BCUT2D eigenvalue weighted by Crippen LogP contribution is -2.14. The summed E-state index contributed by atoms with van der Waals surface area (Å²) in [6.45, 7) is 0. The molecule has 0 aliphatic heterocycles. The van der Waals surface area contributed by atoms with Crippen LogP contribution in [0.5, 0.6) is 0 Å². The monoisotopic (exact) mass is 123 g/mol. The van der Waals surface area contributed by atoms with Crippen LogP contribution in [0, 0.1) is 0 Å². The van der Waals surface area contributed by atoms with Crippen LogP contribution in [0.4, 0.5) is 0 Å². The Morgan fingerprint density at radius 3 is 3.22 bits per heavy atom. The quantitative estimate of drug-likeness (QED) is 0.468. The zero-order valence-electron chi connectivity index (χ0n) is 4.60. The number of fused-ring (bicyclic) bond motifs is 1. The van der Waals surface area contributed by atoms with Crippen LogP contribution in [-0.2, 0) is 0 Å². The molecule has 0 radical (unpaired) electrons. The number of hydrogen-bond donors (Lipinski definition) is 1. The van der Waals surface area contributed by atoms with E-state index in [1.807, 2.05) is 6.07 Å². The molecule has 0 aliphatic carbocycles. The van der Waals surface area contributed by atoms with Crippen LogP contribution in [-0.4, -0.2) is 19.7 Å². The van der Waals surface area contributed by atoms with Gasteiger partial charge in [-0.3, -0.25) is 0 Å². The third kappa shape index (κ3) is 0.426. The summed E-state index contributed by atoms with van der Waals surface area (Å²) in [6, 6.07) is 1.83. The van der Waals surface area contributed by atoms with Crippen molar-refractivity contribution in [1.82, 2.24) is 19.7 Å². The van der Waals surface area contributed by atoms with Crippen molar-refractivity contribution in [3.63, 3.8) is 0 Å². The van der Waals surface area contributed by atoms with Gasteiger partial charge in [0, 0.05) is 6.20 Å². The van der Waals surface area contributed by atoms with Gasteiger partial charge in [-0.05, 0) is 11.3 Å². The lowest BCUT2D eigenvalue weighted by Gasteiger charge is -1.88. The van der Waals surface area contributed by atoms with Gasteiger partial charge in [0.2, 0.25) is 0 Å². The molecule has 2 N–H and O–H groups in total. The van der Waals surface area contributed by atoms with Crippen molar-refractivity contribution in [3.8, 4) is 0 Å². The average molecular weight is 123 g/mol. The molecule has 5 nitrogen and oxygen atoms in total. The molecule has 0 aromatic carbocycles. The minimum Gasteiger partial charge on any atom is -0.323 e. The first kappa shape index (κ1) is 4.37. The van der Waals surface area contributed by atoms with Crippen molar-refractivity contribution in [2.45, 2.75) is 0 Å². The molecule has 2 aromatic rings. The van der Waals surface area contributed by atoms with E-state index in [0.29, 0.717) is 0 Å². The number of nitrogens with zero attached hydrogens (tertiary/aromatic N) is 4. The number of rotatable bonds is 0. The van der Waals surface area contributed by atoms with Crippen LogP contribution >= 0.6 is 0 Å². The molecule has 0 amide bonds. The van der Waals surface area contributed by atoms with E-state index >= 15 is 0 Å². The Bertz CT molecular complexity index is 318. The van der Waals surface area contributed by atoms with E-state index < -0.39 is 0 Å². The molecule has 9 heavy (non-hydrogen) atoms. The lowest BCUT2D eigenvalue weighted by molar-refractivity contribution is 0.644. The van der Waals surface area contributed by atoms with Gasteiger partial charge >= 0.3 is 0 Å². The molecule has 5 heteroatoms. The molecule has 2 rings (SSSR count).